The fourth-order valence-electron chi connectivity index (χ4n) is 3.65. The number of ketones is 1. The second-order valence-electron chi connectivity index (χ2n) is 6.88. The number of carbonyl (C=O) groups excluding carboxylic acids is 1. The number of likely N-dealkylation sites (tertiary alicyclic amines) is 1. The molecule has 3 aromatic rings. The van der Waals surface area contributed by atoms with E-state index in [0.717, 1.165) is 42.5 Å². The van der Waals surface area contributed by atoms with E-state index in [1.807, 2.05) is 18.2 Å². The summed E-state index contributed by atoms with van der Waals surface area (Å²) in [6, 6.07) is 10.2. The van der Waals surface area contributed by atoms with E-state index in [1.54, 1.807) is 6.07 Å². The van der Waals surface area contributed by atoms with Gasteiger partial charge < -0.3 is 4.74 Å². The molecule has 0 bridgehead atoms. The molecule has 140 valence electrons. The number of carbonyl (C=O) groups is 1. The van der Waals surface area contributed by atoms with E-state index < -0.39 is 5.82 Å². The predicted octanol–water partition coefficient (Wildman–Crippen LogP) is 3.47. The summed E-state index contributed by atoms with van der Waals surface area (Å²) < 4.78 is 23.6. The van der Waals surface area contributed by atoms with Gasteiger partial charge in [0.1, 0.15) is 11.0 Å². The Balaban J connectivity index is 1.45. The summed E-state index contributed by atoms with van der Waals surface area (Å²) in [5, 5.41) is 7.68. The van der Waals surface area contributed by atoms with Gasteiger partial charge in [-0.05, 0) is 65.6 Å². The van der Waals surface area contributed by atoms with Gasteiger partial charge >= 0.3 is 0 Å². The average molecular weight is 369 g/mol. The van der Waals surface area contributed by atoms with Crippen molar-refractivity contribution in [3.8, 4) is 5.75 Å². The number of aromatic nitrogens is 2. The van der Waals surface area contributed by atoms with Crippen LogP contribution in [-0.2, 0) is 6.54 Å². The van der Waals surface area contributed by atoms with E-state index in [-0.39, 0.29) is 17.5 Å². The zero-order valence-electron chi connectivity index (χ0n) is 15.0. The lowest BCUT2D eigenvalue weighted by molar-refractivity contribution is 0.0811. The first kappa shape index (κ1) is 17.6. The van der Waals surface area contributed by atoms with Crippen LogP contribution in [0.25, 0.3) is 11.0 Å². The number of ether oxygens (including phenoxy) is 1. The van der Waals surface area contributed by atoms with Gasteiger partial charge in [-0.15, -0.1) is 0 Å². The number of nitrogens with zero attached hydrogens (tertiary/aromatic N) is 3. The van der Waals surface area contributed by atoms with Crippen LogP contribution in [0.4, 0.5) is 4.39 Å². The van der Waals surface area contributed by atoms with Crippen LogP contribution in [0.15, 0.2) is 41.0 Å². The first-order valence-electron chi connectivity index (χ1n) is 8.95. The van der Waals surface area contributed by atoms with Gasteiger partial charge in [0.15, 0.2) is 17.3 Å². The molecular formula is C20H20FN3O3. The van der Waals surface area contributed by atoms with Crippen molar-refractivity contribution in [2.45, 2.75) is 19.4 Å². The maximum absolute atomic E-state index is 13.9. The summed E-state index contributed by atoms with van der Waals surface area (Å²) in [6.45, 7) is 2.31. The highest BCUT2D eigenvalue weighted by atomic mass is 19.1. The molecule has 0 aliphatic carbocycles. The van der Waals surface area contributed by atoms with Crippen LogP contribution < -0.4 is 4.74 Å². The van der Waals surface area contributed by atoms with Crippen LogP contribution in [0.2, 0.25) is 0 Å². The highest BCUT2D eigenvalue weighted by Crippen LogP contribution is 2.25. The van der Waals surface area contributed by atoms with Gasteiger partial charge in [0.05, 0.1) is 7.11 Å². The zero-order valence-corrected chi connectivity index (χ0v) is 15.0. The fraction of sp³-hybridized carbons (Fsp3) is 0.350. The molecule has 0 N–H and O–H groups in total. The Hall–Kier alpha value is -2.80. The minimum absolute atomic E-state index is 0.0163. The number of methoxy groups -OCH3 is 1. The Labute approximate surface area is 155 Å². The van der Waals surface area contributed by atoms with Gasteiger partial charge in [0, 0.05) is 24.6 Å². The van der Waals surface area contributed by atoms with Gasteiger partial charge in [-0.1, -0.05) is 6.07 Å². The van der Waals surface area contributed by atoms with Crippen LogP contribution in [0.1, 0.15) is 28.8 Å². The summed E-state index contributed by atoms with van der Waals surface area (Å²) in [5.41, 5.74) is 2.95. The maximum Gasteiger partial charge on any atom is 0.167 e. The Morgan fingerprint density at radius 3 is 2.93 bits per heavy atom. The molecule has 6 nitrogen and oxygen atoms in total. The Morgan fingerprint density at radius 1 is 1.26 bits per heavy atom. The Bertz CT molecular complexity index is 972. The van der Waals surface area contributed by atoms with Gasteiger partial charge in [0.25, 0.3) is 0 Å². The van der Waals surface area contributed by atoms with Crippen molar-refractivity contribution in [2.75, 3.05) is 20.2 Å². The number of fused-ring (bicyclic) bond motifs is 1. The van der Waals surface area contributed by atoms with Crippen LogP contribution in [0.5, 0.6) is 5.75 Å². The number of rotatable bonds is 5. The quantitative estimate of drug-likeness (QED) is 0.642. The minimum atomic E-state index is -0.509. The molecule has 1 saturated heterocycles. The van der Waals surface area contributed by atoms with E-state index >= 15 is 0 Å². The van der Waals surface area contributed by atoms with Crippen molar-refractivity contribution < 1.29 is 18.6 Å². The molecule has 2 heterocycles. The van der Waals surface area contributed by atoms with E-state index in [9.17, 15) is 9.18 Å². The summed E-state index contributed by atoms with van der Waals surface area (Å²) in [6.07, 6.45) is 1.75. The standard InChI is InChI=1S/C20H20FN3O3/c1-26-19-7-5-14(10-16(19)21)20(25)15-3-2-8-24(12-15)11-13-4-6-17-18(9-13)23-27-22-17/h4-7,9-10,15H,2-3,8,11-12H2,1H3/t15-/m1/s1. The minimum Gasteiger partial charge on any atom is -0.494 e. The number of Topliss-reactive ketones (excluding diaryl/α,β-unsaturated/α-hetero) is 1. The number of hydrogen-bond acceptors (Lipinski definition) is 6. The van der Waals surface area contributed by atoms with Crippen molar-refractivity contribution in [1.82, 2.24) is 15.2 Å². The Morgan fingerprint density at radius 2 is 2.11 bits per heavy atom. The predicted molar refractivity (Wildman–Crippen MR) is 97.1 cm³/mol. The number of halogens is 1. The van der Waals surface area contributed by atoms with E-state index in [0.29, 0.717) is 12.1 Å². The largest absolute Gasteiger partial charge is 0.494 e. The molecule has 1 aromatic heterocycles. The molecule has 7 heteroatoms. The third-order valence-electron chi connectivity index (χ3n) is 5.04. The third kappa shape index (κ3) is 3.68. The lowest BCUT2D eigenvalue weighted by Crippen LogP contribution is -2.38. The molecule has 0 amide bonds. The SMILES string of the molecule is COc1ccc(C(=O)[C@@H]2CCCN(Cc3ccc4nonc4c3)C2)cc1F. The molecule has 1 aliphatic rings. The van der Waals surface area contributed by atoms with Crippen LogP contribution >= 0.6 is 0 Å². The summed E-state index contributed by atoms with van der Waals surface area (Å²) >= 11 is 0. The molecule has 27 heavy (non-hydrogen) atoms. The van der Waals surface area contributed by atoms with Crippen LogP contribution in [0.3, 0.4) is 0 Å². The molecule has 1 aliphatic heterocycles. The van der Waals surface area contributed by atoms with Crippen molar-refractivity contribution in [3.63, 3.8) is 0 Å². The maximum atomic E-state index is 13.9. The van der Waals surface area contributed by atoms with Crippen molar-refractivity contribution in [3.05, 3.63) is 53.3 Å². The van der Waals surface area contributed by atoms with Crippen molar-refractivity contribution >= 4 is 16.8 Å². The molecular weight excluding hydrogens is 349 g/mol. The molecule has 0 saturated carbocycles. The molecule has 1 atom stereocenters. The van der Waals surface area contributed by atoms with Gasteiger partial charge in [0.2, 0.25) is 0 Å². The smallest absolute Gasteiger partial charge is 0.167 e. The van der Waals surface area contributed by atoms with Crippen molar-refractivity contribution in [1.29, 1.82) is 0 Å². The number of benzene rings is 2. The second-order valence-corrected chi connectivity index (χ2v) is 6.88. The van der Waals surface area contributed by atoms with E-state index in [4.69, 9.17) is 9.37 Å². The second kappa shape index (κ2) is 7.44. The number of piperidine rings is 1. The highest BCUT2D eigenvalue weighted by Gasteiger charge is 2.27. The number of hydrogen-bond donors (Lipinski definition) is 0. The monoisotopic (exact) mass is 369 g/mol. The van der Waals surface area contributed by atoms with Gasteiger partial charge in [-0.3, -0.25) is 9.69 Å². The molecule has 1 fully saturated rings. The van der Waals surface area contributed by atoms with Gasteiger partial charge in [-0.25, -0.2) is 9.02 Å². The van der Waals surface area contributed by atoms with E-state index in [2.05, 4.69) is 15.2 Å². The summed E-state index contributed by atoms with van der Waals surface area (Å²) in [7, 11) is 1.41. The van der Waals surface area contributed by atoms with Crippen molar-refractivity contribution in [2.24, 2.45) is 5.92 Å². The lowest BCUT2D eigenvalue weighted by atomic mass is 9.89. The summed E-state index contributed by atoms with van der Waals surface area (Å²) in [5.74, 6) is -0.513. The van der Waals surface area contributed by atoms with Crippen LogP contribution in [-0.4, -0.2) is 41.2 Å². The Kier molecular flexibility index (Phi) is 4.85. The first-order chi connectivity index (χ1) is 13.1. The first-order valence-corrected chi connectivity index (χ1v) is 8.95. The highest BCUT2D eigenvalue weighted by molar-refractivity contribution is 5.98. The molecule has 0 spiro atoms. The molecule has 4 rings (SSSR count). The third-order valence-corrected chi connectivity index (χ3v) is 5.04. The lowest BCUT2D eigenvalue weighted by Gasteiger charge is -2.32. The van der Waals surface area contributed by atoms with Gasteiger partial charge in [-0.2, -0.15) is 0 Å². The summed E-state index contributed by atoms with van der Waals surface area (Å²) in [4.78, 5) is 15.1. The average Bonchev–Trinajstić information content (AvgIpc) is 3.15. The topological polar surface area (TPSA) is 68.5 Å². The van der Waals surface area contributed by atoms with Crippen LogP contribution in [0, 0.1) is 11.7 Å². The molecule has 0 radical (unpaired) electrons. The molecule has 2 aromatic carbocycles. The zero-order chi connectivity index (χ0) is 18.8. The normalized spacial score (nSPS) is 17.9. The van der Waals surface area contributed by atoms with E-state index in [1.165, 1.54) is 19.2 Å². The fourth-order valence-corrected chi connectivity index (χ4v) is 3.65. The molecule has 0 unspecified atom stereocenters.